The highest BCUT2D eigenvalue weighted by atomic mass is 16.5. The zero-order valence-electron chi connectivity index (χ0n) is 10.6. The van der Waals surface area contributed by atoms with Gasteiger partial charge in [-0.2, -0.15) is 0 Å². The molecule has 1 saturated heterocycles. The molecule has 0 atom stereocenters. The molecule has 0 N–H and O–H groups in total. The Morgan fingerprint density at radius 1 is 1.25 bits per heavy atom. The molecule has 0 spiro atoms. The summed E-state index contributed by atoms with van der Waals surface area (Å²) in [5.74, 6) is -0.0626. The Hall–Kier alpha value is -0.610. The van der Waals surface area contributed by atoms with Gasteiger partial charge >= 0.3 is 5.97 Å². The molecule has 0 aromatic rings. The van der Waals surface area contributed by atoms with E-state index in [0.29, 0.717) is 13.0 Å². The van der Waals surface area contributed by atoms with Crippen LogP contribution in [-0.2, 0) is 9.53 Å². The first-order chi connectivity index (χ1) is 7.68. The molecule has 16 heavy (non-hydrogen) atoms. The molecule has 1 fully saturated rings. The summed E-state index contributed by atoms with van der Waals surface area (Å²) >= 11 is 0. The molecule has 1 rings (SSSR count). The van der Waals surface area contributed by atoms with Crippen molar-refractivity contribution in [2.75, 3.05) is 46.9 Å². The first-order valence-corrected chi connectivity index (χ1v) is 6.21. The Morgan fingerprint density at radius 2 is 1.94 bits per heavy atom. The van der Waals surface area contributed by atoms with E-state index in [2.05, 4.69) is 4.90 Å². The van der Waals surface area contributed by atoms with Crippen LogP contribution >= 0.6 is 0 Å². The number of hydrogen-bond acceptors (Lipinski definition) is 4. The minimum Gasteiger partial charge on any atom is -0.464 e. The Bertz CT molecular complexity index is 201. The molecule has 0 aliphatic carbocycles. The van der Waals surface area contributed by atoms with Crippen molar-refractivity contribution in [3.05, 3.63) is 0 Å². The van der Waals surface area contributed by atoms with Crippen molar-refractivity contribution in [3.63, 3.8) is 0 Å². The third kappa shape index (κ3) is 6.08. The molecule has 0 saturated carbocycles. The predicted molar refractivity (Wildman–Crippen MR) is 64.4 cm³/mol. The van der Waals surface area contributed by atoms with E-state index >= 15 is 0 Å². The largest absolute Gasteiger partial charge is 0.464 e. The Labute approximate surface area is 98.5 Å². The van der Waals surface area contributed by atoms with Crippen molar-refractivity contribution in [3.8, 4) is 0 Å². The average Bonchev–Trinajstić information content (AvgIpc) is 2.27. The van der Waals surface area contributed by atoms with Crippen LogP contribution in [0.4, 0.5) is 0 Å². The number of rotatable bonds is 6. The molecule has 4 heteroatoms. The quantitative estimate of drug-likeness (QED) is 0.634. The maximum Gasteiger partial charge on any atom is 0.307 e. The molecular formula is C12H24N2O2. The fourth-order valence-corrected chi connectivity index (χ4v) is 1.85. The lowest BCUT2D eigenvalue weighted by Crippen LogP contribution is -2.32. The van der Waals surface area contributed by atoms with Gasteiger partial charge in [0.15, 0.2) is 0 Å². The maximum absolute atomic E-state index is 11.4. The summed E-state index contributed by atoms with van der Waals surface area (Å²) in [4.78, 5) is 15.8. The third-order valence-corrected chi connectivity index (χ3v) is 2.88. The lowest BCUT2D eigenvalue weighted by Gasteiger charge is -2.25. The number of nitrogens with zero attached hydrogens (tertiary/aromatic N) is 2. The summed E-state index contributed by atoms with van der Waals surface area (Å²) in [7, 11) is 3.95. The van der Waals surface area contributed by atoms with E-state index in [-0.39, 0.29) is 5.97 Å². The molecule has 0 radical (unpaired) electrons. The molecule has 4 nitrogen and oxygen atoms in total. The zero-order valence-corrected chi connectivity index (χ0v) is 10.6. The van der Waals surface area contributed by atoms with E-state index in [1.807, 2.05) is 19.0 Å². The van der Waals surface area contributed by atoms with Crippen molar-refractivity contribution in [1.82, 2.24) is 9.80 Å². The van der Waals surface area contributed by atoms with Gasteiger partial charge in [-0.1, -0.05) is 6.42 Å². The van der Waals surface area contributed by atoms with Gasteiger partial charge in [0.1, 0.15) is 6.61 Å². The summed E-state index contributed by atoms with van der Waals surface area (Å²) in [6, 6.07) is 0. The standard InChI is InChI=1S/C12H24N2O2/c1-13(2)10-11-16-12(15)6-9-14-7-4-3-5-8-14/h3-11H2,1-2H3. The molecule has 0 bridgehead atoms. The molecule has 0 aromatic heterocycles. The van der Waals surface area contributed by atoms with Crippen molar-refractivity contribution in [2.24, 2.45) is 0 Å². The lowest BCUT2D eigenvalue weighted by molar-refractivity contribution is -0.144. The fourth-order valence-electron chi connectivity index (χ4n) is 1.85. The lowest BCUT2D eigenvalue weighted by atomic mass is 10.1. The van der Waals surface area contributed by atoms with Crippen LogP contribution in [0.1, 0.15) is 25.7 Å². The van der Waals surface area contributed by atoms with Crippen LogP contribution in [0.15, 0.2) is 0 Å². The van der Waals surface area contributed by atoms with Crippen molar-refractivity contribution < 1.29 is 9.53 Å². The van der Waals surface area contributed by atoms with Crippen LogP contribution in [0.5, 0.6) is 0 Å². The van der Waals surface area contributed by atoms with Gasteiger partial charge in [0.25, 0.3) is 0 Å². The SMILES string of the molecule is CN(C)CCOC(=O)CCN1CCCCC1. The minimum atomic E-state index is -0.0626. The second-order valence-corrected chi connectivity index (χ2v) is 4.68. The average molecular weight is 228 g/mol. The van der Waals surface area contributed by atoms with Gasteiger partial charge in [0.05, 0.1) is 6.42 Å². The van der Waals surface area contributed by atoms with Gasteiger partial charge in [0, 0.05) is 13.1 Å². The number of hydrogen-bond donors (Lipinski definition) is 0. The van der Waals surface area contributed by atoms with Gasteiger partial charge in [-0.15, -0.1) is 0 Å². The highest BCUT2D eigenvalue weighted by Gasteiger charge is 2.12. The zero-order chi connectivity index (χ0) is 11.8. The van der Waals surface area contributed by atoms with Crippen LogP contribution in [0, 0.1) is 0 Å². The van der Waals surface area contributed by atoms with E-state index in [1.165, 1.54) is 19.3 Å². The van der Waals surface area contributed by atoms with E-state index in [0.717, 1.165) is 26.2 Å². The van der Waals surface area contributed by atoms with Crippen LogP contribution in [0.2, 0.25) is 0 Å². The van der Waals surface area contributed by atoms with Crippen LogP contribution < -0.4 is 0 Å². The molecule has 0 unspecified atom stereocenters. The summed E-state index contributed by atoms with van der Waals surface area (Å²) in [5, 5.41) is 0. The van der Waals surface area contributed by atoms with Crippen molar-refractivity contribution in [1.29, 1.82) is 0 Å². The first-order valence-electron chi connectivity index (χ1n) is 6.21. The summed E-state index contributed by atoms with van der Waals surface area (Å²) in [5.41, 5.74) is 0. The molecule has 0 aromatic carbocycles. The molecule has 1 heterocycles. The highest BCUT2D eigenvalue weighted by Crippen LogP contribution is 2.08. The van der Waals surface area contributed by atoms with E-state index in [4.69, 9.17) is 4.74 Å². The number of carbonyl (C=O) groups excluding carboxylic acids is 1. The minimum absolute atomic E-state index is 0.0626. The highest BCUT2D eigenvalue weighted by molar-refractivity contribution is 5.69. The second kappa shape index (κ2) is 7.63. The van der Waals surface area contributed by atoms with Gasteiger partial charge in [-0.3, -0.25) is 4.79 Å². The number of likely N-dealkylation sites (tertiary alicyclic amines) is 1. The fraction of sp³-hybridized carbons (Fsp3) is 0.917. The predicted octanol–water partition coefficient (Wildman–Crippen LogP) is 0.967. The first kappa shape index (κ1) is 13.5. The number of ether oxygens (including phenoxy) is 1. The van der Waals surface area contributed by atoms with Crippen LogP contribution in [0.3, 0.4) is 0 Å². The number of piperidine rings is 1. The van der Waals surface area contributed by atoms with Crippen LogP contribution in [-0.4, -0.2) is 62.7 Å². The maximum atomic E-state index is 11.4. The van der Waals surface area contributed by atoms with Gasteiger partial charge in [-0.25, -0.2) is 0 Å². The second-order valence-electron chi connectivity index (χ2n) is 4.68. The topological polar surface area (TPSA) is 32.8 Å². The summed E-state index contributed by atoms with van der Waals surface area (Å²) in [6.45, 7) is 4.46. The molecule has 1 aliphatic heterocycles. The third-order valence-electron chi connectivity index (χ3n) is 2.88. The van der Waals surface area contributed by atoms with Crippen molar-refractivity contribution >= 4 is 5.97 Å². The smallest absolute Gasteiger partial charge is 0.307 e. The number of carbonyl (C=O) groups is 1. The van der Waals surface area contributed by atoms with E-state index in [1.54, 1.807) is 0 Å². The number of esters is 1. The Balaban J connectivity index is 2.00. The molecule has 1 aliphatic rings. The van der Waals surface area contributed by atoms with Gasteiger partial charge in [-0.05, 0) is 40.0 Å². The van der Waals surface area contributed by atoms with E-state index in [9.17, 15) is 4.79 Å². The van der Waals surface area contributed by atoms with E-state index < -0.39 is 0 Å². The summed E-state index contributed by atoms with van der Waals surface area (Å²) < 4.78 is 5.14. The Kier molecular flexibility index (Phi) is 6.42. The molecular weight excluding hydrogens is 204 g/mol. The number of likely N-dealkylation sites (N-methyl/N-ethyl adjacent to an activating group) is 1. The normalized spacial score (nSPS) is 17.7. The Morgan fingerprint density at radius 3 is 2.56 bits per heavy atom. The summed E-state index contributed by atoms with van der Waals surface area (Å²) in [6.07, 6.45) is 4.42. The van der Waals surface area contributed by atoms with Gasteiger partial charge in [0.2, 0.25) is 0 Å². The molecule has 0 amide bonds. The van der Waals surface area contributed by atoms with Crippen molar-refractivity contribution in [2.45, 2.75) is 25.7 Å². The van der Waals surface area contributed by atoms with Crippen LogP contribution in [0.25, 0.3) is 0 Å². The monoisotopic (exact) mass is 228 g/mol. The van der Waals surface area contributed by atoms with Gasteiger partial charge < -0.3 is 14.5 Å². The molecule has 94 valence electrons.